The van der Waals surface area contributed by atoms with Gasteiger partial charge in [0.2, 0.25) is 0 Å². The highest BCUT2D eigenvalue weighted by Gasteiger charge is 2.17. The Kier molecular flexibility index (Phi) is 3.21. The second kappa shape index (κ2) is 4.83. The Balaban J connectivity index is 1.72. The van der Waals surface area contributed by atoms with Crippen LogP contribution in [-0.2, 0) is 12.8 Å². The summed E-state index contributed by atoms with van der Waals surface area (Å²) in [6.45, 7) is 0. The molecule has 1 unspecified atom stereocenters. The Morgan fingerprint density at radius 2 is 2.24 bits per heavy atom. The van der Waals surface area contributed by atoms with E-state index in [4.69, 9.17) is 0 Å². The molecule has 17 heavy (non-hydrogen) atoms. The lowest BCUT2D eigenvalue weighted by molar-refractivity contribution is 0.632. The fourth-order valence-corrected chi connectivity index (χ4v) is 3.89. The average Bonchev–Trinajstić information content (AvgIpc) is 2.75. The molecule has 1 aliphatic heterocycles. The normalized spacial score (nSPS) is 18.5. The summed E-state index contributed by atoms with van der Waals surface area (Å²) >= 11 is 5.35. The number of benzene rings is 1. The second-order valence-corrected chi connectivity index (χ2v) is 6.38. The van der Waals surface area contributed by atoms with Gasteiger partial charge < -0.3 is 5.32 Å². The third-order valence-corrected chi connectivity index (χ3v) is 4.93. The van der Waals surface area contributed by atoms with E-state index in [1.54, 1.807) is 0 Å². The molecule has 0 spiro atoms. The van der Waals surface area contributed by atoms with E-state index in [-0.39, 0.29) is 0 Å². The van der Waals surface area contributed by atoms with Gasteiger partial charge in [-0.2, -0.15) is 0 Å². The van der Waals surface area contributed by atoms with Crippen LogP contribution >= 0.6 is 27.3 Å². The monoisotopic (exact) mass is 307 g/mol. The fraction of sp³-hybridized carbons (Fsp3) is 0.286. The highest BCUT2D eigenvalue weighted by atomic mass is 79.9. The molecule has 1 nitrogen and oxygen atoms in total. The molecule has 0 amide bonds. The van der Waals surface area contributed by atoms with Crippen molar-refractivity contribution in [2.45, 2.75) is 25.3 Å². The lowest BCUT2D eigenvalue weighted by atomic mass is 9.96. The van der Waals surface area contributed by atoms with Crippen molar-refractivity contribution in [2.75, 3.05) is 5.32 Å². The van der Waals surface area contributed by atoms with Crippen molar-refractivity contribution < 1.29 is 0 Å². The molecule has 1 aromatic carbocycles. The summed E-state index contributed by atoms with van der Waals surface area (Å²) in [5.41, 5.74) is 2.77. The van der Waals surface area contributed by atoms with Crippen LogP contribution in [0.2, 0.25) is 0 Å². The Labute approximate surface area is 114 Å². The molecule has 1 aromatic heterocycles. The number of para-hydroxylation sites is 1. The number of hydrogen-bond donors (Lipinski definition) is 1. The number of nitrogens with one attached hydrogen (secondary N) is 1. The van der Waals surface area contributed by atoms with Gasteiger partial charge in [-0.1, -0.05) is 18.2 Å². The van der Waals surface area contributed by atoms with Crippen LogP contribution in [0.3, 0.4) is 0 Å². The Hall–Kier alpha value is -0.800. The van der Waals surface area contributed by atoms with E-state index < -0.39 is 0 Å². The molecule has 0 saturated heterocycles. The number of hydrogen-bond acceptors (Lipinski definition) is 2. The topological polar surface area (TPSA) is 12.0 Å². The molecule has 0 fully saturated rings. The van der Waals surface area contributed by atoms with E-state index in [0.29, 0.717) is 6.04 Å². The molecule has 3 heteroatoms. The summed E-state index contributed by atoms with van der Waals surface area (Å²) in [4.78, 5) is 1.45. The third-order valence-electron chi connectivity index (χ3n) is 3.21. The molecular formula is C14H14BrNS. The van der Waals surface area contributed by atoms with E-state index in [1.807, 2.05) is 11.3 Å². The van der Waals surface area contributed by atoms with Gasteiger partial charge in [-0.3, -0.25) is 0 Å². The van der Waals surface area contributed by atoms with Crippen molar-refractivity contribution in [3.63, 3.8) is 0 Å². The van der Waals surface area contributed by atoms with Crippen LogP contribution in [0, 0.1) is 0 Å². The van der Waals surface area contributed by atoms with Gasteiger partial charge in [0, 0.05) is 32.9 Å². The minimum Gasteiger partial charge on any atom is -0.382 e. The molecule has 1 aliphatic rings. The maximum Gasteiger partial charge on any atom is 0.0374 e. The van der Waals surface area contributed by atoms with Gasteiger partial charge >= 0.3 is 0 Å². The van der Waals surface area contributed by atoms with Gasteiger partial charge in [0.05, 0.1) is 0 Å². The Morgan fingerprint density at radius 1 is 1.35 bits per heavy atom. The number of aryl methyl sites for hydroxylation is 1. The predicted molar refractivity (Wildman–Crippen MR) is 77.9 cm³/mol. The first-order valence-corrected chi connectivity index (χ1v) is 7.56. The standard InChI is InChI=1S/C14H14BrNS/c15-11-7-13(17-9-11)8-12-6-5-10-3-1-2-4-14(10)16-12/h1-4,7,9,12,16H,5-6,8H2. The van der Waals surface area contributed by atoms with Gasteiger partial charge in [-0.05, 0) is 46.5 Å². The van der Waals surface area contributed by atoms with E-state index in [2.05, 4.69) is 57.0 Å². The Bertz CT molecular complexity index is 520. The third kappa shape index (κ3) is 2.55. The SMILES string of the molecule is Brc1csc(CC2CCc3ccccc3N2)c1. The zero-order chi connectivity index (χ0) is 11.7. The van der Waals surface area contributed by atoms with Crippen molar-refractivity contribution in [1.82, 2.24) is 0 Å². The summed E-state index contributed by atoms with van der Waals surface area (Å²) in [6.07, 6.45) is 3.55. The first kappa shape index (κ1) is 11.3. The first-order valence-electron chi connectivity index (χ1n) is 5.88. The van der Waals surface area contributed by atoms with E-state index in [0.717, 1.165) is 6.42 Å². The van der Waals surface area contributed by atoms with Crippen molar-refractivity contribution >= 4 is 33.0 Å². The van der Waals surface area contributed by atoms with Gasteiger partial charge in [0.15, 0.2) is 0 Å². The summed E-state index contributed by atoms with van der Waals surface area (Å²) in [5, 5.41) is 5.80. The average molecular weight is 308 g/mol. The summed E-state index contributed by atoms with van der Waals surface area (Å²) in [5.74, 6) is 0. The minimum absolute atomic E-state index is 0.579. The number of halogens is 1. The lowest BCUT2D eigenvalue weighted by Crippen LogP contribution is -2.27. The summed E-state index contributed by atoms with van der Waals surface area (Å²) < 4.78 is 1.20. The molecule has 0 bridgehead atoms. The predicted octanol–water partition coefficient (Wildman–Crippen LogP) is 4.48. The molecule has 1 N–H and O–H groups in total. The van der Waals surface area contributed by atoms with Gasteiger partial charge in [-0.25, -0.2) is 0 Å². The maximum atomic E-state index is 3.65. The number of rotatable bonds is 2. The van der Waals surface area contributed by atoms with Crippen LogP contribution in [0.15, 0.2) is 40.2 Å². The highest BCUT2D eigenvalue weighted by Crippen LogP contribution is 2.28. The van der Waals surface area contributed by atoms with Crippen molar-refractivity contribution in [3.8, 4) is 0 Å². The van der Waals surface area contributed by atoms with Crippen molar-refractivity contribution in [3.05, 3.63) is 50.6 Å². The van der Waals surface area contributed by atoms with Gasteiger partial charge in [0.25, 0.3) is 0 Å². The quantitative estimate of drug-likeness (QED) is 0.862. The smallest absolute Gasteiger partial charge is 0.0374 e. The first-order chi connectivity index (χ1) is 8.31. The van der Waals surface area contributed by atoms with E-state index in [1.165, 1.54) is 33.4 Å². The molecule has 0 saturated carbocycles. The molecule has 88 valence electrons. The van der Waals surface area contributed by atoms with Crippen LogP contribution in [0.5, 0.6) is 0 Å². The Morgan fingerprint density at radius 3 is 3.06 bits per heavy atom. The fourth-order valence-electron chi connectivity index (χ4n) is 2.36. The maximum absolute atomic E-state index is 3.65. The molecule has 1 atom stereocenters. The molecule has 0 radical (unpaired) electrons. The summed E-state index contributed by atoms with van der Waals surface area (Å²) in [6, 6.07) is 11.4. The van der Waals surface area contributed by atoms with Crippen LogP contribution in [-0.4, -0.2) is 6.04 Å². The van der Waals surface area contributed by atoms with E-state index >= 15 is 0 Å². The molecule has 0 aliphatic carbocycles. The molecule has 3 rings (SSSR count). The highest BCUT2D eigenvalue weighted by molar-refractivity contribution is 9.10. The zero-order valence-corrected chi connectivity index (χ0v) is 11.9. The second-order valence-electron chi connectivity index (χ2n) is 4.47. The van der Waals surface area contributed by atoms with Crippen LogP contribution in [0.1, 0.15) is 16.9 Å². The van der Waals surface area contributed by atoms with Gasteiger partial charge in [-0.15, -0.1) is 11.3 Å². The lowest BCUT2D eigenvalue weighted by Gasteiger charge is -2.26. The van der Waals surface area contributed by atoms with Crippen LogP contribution in [0.4, 0.5) is 5.69 Å². The van der Waals surface area contributed by atoms with E-state index in [9.17, 15) is 0 Å². The largest absolute Gasteiger partial charge is 0.382 e. The van der Waals surface area contributed by atoms with Gasteiger partial charge in [0.1, 0.15) is 0 Å². The summed E-state index contributed by atoms with van der Waals surface area (Å²) in [7, 11) is 0. The molecule has 2 aromatic rings. The molecular weight excluding hydrogens is 294 g/mol. The van der Waals surface area contributed by atoms with Crippen molar-refractivity contribution in [1.29, 1.82) is 0 Å². The van der Waals surface area contributed by atoms with Crippen LogP contribution < -0.4 is 5.32 Å². The van der Waals surface area contributed by atoms with Crippen LogP contribution in [0.25, 0.3) is 0 Å². The number of fused-ring (bicyclic) bond motifs is 1. The minimum atomic E-state index is 0.579. The molecule has 2 heterocycles. The zero-order valence-electron chi connectivity index (χ0n) is 9.45. The number of anilines is 1. The van der Waals surface area contributed by atoms with Crippen molar-refractivity contribution in [2.24, 2.45) is 0 Å². The number of thiophene rings is 1.